The molecule has 0 aromatic rings. The fourth-order valence-corrected chi connectivity index (χ4v) is 2.32. The molecule has 0 radical (unpaired) electrons. The minimum absolute atomic E-state index is 0.209. The molecule has 0 aromatic heterocycles. The van der Waals surface area contributed by atoms with Crippen molar-refractivity contribution in [3.63, 3.8) is 0 Å². The van der Waals surface area contributed by atoms with Crippen LogP contribution in [0.3, 0.4) is 0 Å². The standard InChI is InChI=1S/C12H22O2/c1-3-10(2)8-11-4-6-12(7-5-11)14-9-13/h9-12H,3-8H2,1-2H3. The number of carbonyl (C=O) groups excluding carboxylic acids is 1. The van der Waals surface area contributed by atoms with Crippen LogP contribution in [0.25, 0.3) is 0 Å². The molecule has 1 atom stereocenters. The summed E-state index contributed by atoms with van der Waals surface area (Å²) in [6.45, 7) is 5.18. The predicted octanol–water partition coefficient (Wildman–Crippen LogP) is 3.15. The molecule has 1 saturated carbocycles. The van der Waals surface area contributed by atoms with Crippen molar-refractivity contribution in [2.75, 3.05) is 0 Å². The minimum atomic E-state index is 0.209. The fourth-order valence-electron chi connectivity index (χ4n) is 2.32. The van der Waals surface area contributed by atoms with Crippen molar-refractivity contribution in [1.29, 1.82) is 0 Å². The summed E-state index contributed by atoms with van der Waals surface area (Å²) in [5, 5.41) is 0. The third kappa shape index (κ3) is 3.69. The minimum Gasteiger partial charge on any atom is -0.465 e. The second kappa shape index (κ2) is 6.05. The Morgan fingerprint density at radius 3 is 2.50 bits per heavy atom. The van der Waals surface area contributed by atoms with Gasteiger partial charge in [-0.25, -0.2) is 0 Å². The molecule has 82 valence electrons. The van der Waals surface area contributed by atoms with Gasteiger partial charge < -0.3 is 4.74 Å². The first kappa shape index (κ1) is 11.5. The topological polar surface area (TPSA) is 26.3 Å². The Morgan fingerprint density at radius 2 is 2.00 bits per heavy atom. The molecule has 0 spiro atoms. The Kier molecular flexibility index (Phi) is 4.99. The third-order valence-corrected chi connectivity index (χ3v) is 3.47. The molecular formula is C12H22O2. The van der Waals surface area contributed by atoms with E-state index in [0.717, 1.165) is 24.7 Å². The summed E-state index contributed by atoms with van der Waals surface area (Å²) >= 11 is 0. The van der Waals surface area contributed by atoms with Crippen LogP contribution >= 0.6 is 0 Å². The molecule has 1 aliphatic carbocycles. The molecule has 0 N–H and O–H groups in total. The Morgan fingerprint density at radius 1 is 1.36 bits per heavy atom. The molecule has 0 bridgehead atoms. The number of carbonyl (C=O) groups is 1. The van der Waals surface area contributed by atoms with Crippen LogP contribution in [0, 0.1) is 11.8 Å². The van der Waals surface area contributed by atoms with E-state index < -0.39 is 0 Å². The van der Waals surface area contributed by atoms with Crippen LogP contribution in [0.4, 0.5) is 0 Å². The monoisotopic (exact) mass is 198 g/mol. The molecule has 0 aromatic carbocycles. The van der Waals surface area contributed by atoms with Crippen molar-refractivity contribution in [2.45, 2.75) is 58.5 Å². The Labute approximate surface area is 87.0 Å². The lowest BCUT2D eigenvalue weighted by molar-refractivity contribution is -0.135. The van der Waals surface area contributed by atoms with Gasteiger partial charge in [0.25, 0.3) is 6.47 Å². The molecule has 0 saturated heterocycles. The van der Waals surface area contributed by atoms with Crippen LogP contribution in [0.1, 0.15) is 52.4 Å². The molecule has 1 fully saturated rings. The van der Waals surface area contributed by atoms with E-state index in [1.807, 2.05) is 0 Å². The number of ether oxygens (including phenoxy) is 1. The molecule has 0 amide bonds. The average Bonchev–Trinajstić information content (AvgIpc) is 2.21. The smallest absolute Gasteiger partial charge is 0.293 e. The highest BCUT2D eigenvalue weighted by atomic mass is 16.5. The molecule has 0 aliphatic heterocycles. The first-order valence-electron chi connectivity index (χ1n) is 5.85. The third-order valence-electron chi connectivity index (χ3n) is 3.47. The number of hydrogen-bond acceptors (Lipinski definition) is 2. The summed E-state index contributed by atoms with van der Waals surface area (Å²) in [5.41, 5.74) is 0. The molecule has 1 rings (SSSR count). The van der Waals surface area contributed by atoms with Crippen molar-refractivity contribution in [2.24, 2.45) is 11.8 Å². The first-order chi connectivity index (χ1) is 6.76. The van der Waals surface area contributed by atoms with Crippen molar-refractivity contribution >= 4 is 6.47 Å². The average molecular weight is 198 g/mol. The first-order valence-corrected chi connectivity index (χ1v) is 5.85. The highest BCUT2D eigenvalue weighted by molar-refractivity contribution is 5.37. The van der Waals surface area contributed by atoms with Gasteiger partial charge in [-0.05, 0) is 43.9 Å². The predicted molar refractivity (Wildman–Crippen MR) is 57.0 cm³/mol. The summed E-state index contributed by atoms with van der Waals surface area (Å²) in [7, 11) is 0. The van der Waals surface area contributed by atoms with Crippen molar-refractivity contribution in [3.05, 3.63) is 0 Å². The highest BCUT2D eigenvalue weighted by Gasteiger charge is 2.22. The SMILES string of the molecule is CCC(C)CC1CCC(OC=O)CC1. The second-order valence-corrected chi connectivity index (χ2v) is 4.62. The zero-order valence-electron chi connectivity index (χ0n) is 9.37. The van der Waals surface area contributed by atoms with Crippen LogP contribution in [-0.2, 0) is 9.53 Å². The van der Waals surface area contributed by atoms with E-state index in [1.165, 1.54) is 25.7 Å². The largest absolute Gasteiger partial charge is 0.465 e. The zero-order valence-corrected chi connectivity index (χ0v) is 9.37. The van der Waals surface area contributed by atoms with E-state index in [1.54, 1.807) is 0 Å². The van der Waals surface area contributed by atoms with E-state index in [4.69, 9.17) is 4.74 Å². The summed E-state index contributed by atoms with van der Waals surface area (Å²) in [6.07, 6.45) is 7.46. The van der Waals surface area contributed by atoms with Crippen molar-refractivity contribution in [1.82, 2.24) is 0 Å². The van der Waals surface area contributed by atoms with Gasteiger partial charge in [-0.15, -0.1) is 0 Å². The van der Waals surface area contributed by atoms with E-state index in [2.05, 4.69) is 13.8 Å². The van der Waals surface area contributed by atoms with E-state index in [-0.39, 0.29) is 6.10 Å². The summed E-state index contributed by atoms with van der Waals surface area (Å²) < 4.78 is 4.98. The van der Waals surface area contributed by atoms with Gasteiger partial charge in [-0.3, -0.25) is 4.79 Å². The van der Waals surface area contributed by atoms with E-state index >= 15 is 0 Å². The van der Waals surface area contributed by atoms with Gasteiger partial charge in [-0.1, -0.05) is 20.3 Å². The van der Waals surface area contributed by atoms with Gasteiger partial charge in [0.1, 0.15) is 6.10 Å². The lowest BCUT2D eigenvalue weighted by atomic mass is 9.81. The summed E-state index contributed by atoms with van der Waals surface area (Å²) in [5.74, 6) is 1.72. The van der Waals surface area contributed by atoms with Gasteiger partial charge in [0.15, 0.2) is 0 Å². The fraction of sp³-hybridized carbons (Fsp3) is 0.917. The molecular weight excluding hydrogens is 176 g/mol. The highest BCUT2D eigenvalue weighted by Crippen LogP contribution is 2.31. The quantitative estimate of drug-likeness (QED) is 0.634. The van der Waals surface area contributed by atoms with E-state index in [0.29, 0.717) is 6.47 Å². The van der Waals surface area contributed by atoms with Crippen LogP contribution in [0.15, 0.2) is 0 Å². The maximum atomic E-state index is 10.2. The zero-order chi connectivity index (χ0) is 10.4. The number of rotatable bonds is 5. The Bertz CT molecular complexity index is 160. The lowest BCUT2D eigenvalue weighted by Gasteiger charge is -2.28. The molecule has 14 heavy (non-hydrogen) atoms. The van der Waals surface area contributed by atoms with Gasteiger partial charge in [0.2, 0.25) is 0 Å². The van der Waals surface area contributed by atoms with Crippen LogP contribution in [0.2, 0.25) is 0 Å². The van der Waals surface area contributed by atoms with Gasteiger partial charge >= 0.3 is 0 Å². The van der Waals surface area contributed by atoms with Gasteiger partial charge in [-0.2, -0.15) is 0 Å². The Balaban J connectivity index is 2.18. The van der Waals surface area contributed by atoms with Gasteiger partial charge in [0, 0.05) is 0 Å². The van der Waals surface area contributed by atoms with Crippen LogP contribution in [0.5, 0.6) is 0 Å². The lowest BCUT2D eigenvalue weighted by Crippen LogP contribution is -2.22. The molecule has 1 aliphatic rings. The Hall–Kier alpha value is -0.530. The molecule has 0 heterocycles. The number of hydrogen-bond donors (Lipinski definition) is 0. The maximum Gasteiger partial charge on any atom is 0.293 e. The summed E-state index contributed by atoms with van der Waals surface area (Å²) in [6, 6.07) is 0. The van der Waals surface area contributed by atoms with Gasteiger partial charge in [0.05, 0.1) is 0 Å². The van der Waals surface area contributed by atoms with Crippen molar-refractivity contribution < 1.29 is 9.53 Å². The maximum absolute atomic E-state index is 10.2. The van der Waals surface area contributed by atoms with Crippen LogP contribution in [-0.4, -0.2) is 12.6 Å². The normalized spacial score (nSPS) is 29.6. The second-order valence-electron chi connectivity index (χ2n) is 4.62. The van der Waals surface area contributed by atoms with Crippen molar-refractivity contribution in [3.8, 4) is 0 Å². The van der Waals surface area contributed by atoms with Crippen LogP contribution < -0.4 is 0 Å². The summed E-state index contributed by atoms with van der Waals surface area (Å²) in [4.78, 5) is 10.2. The molecule has 2 heteroatoms. The molecule has 2 nitrogen and oxygen atoms in total. The van der Waals surface area contributed by atoms with E-state index in [9.17, 15) is 4.79 Å². The molecule has 1 unspecified atom stereocenters.